The number of nitrogens with one attached hydrogen (secondary N) is 1. The van der Waals surface area contributed by atoms with Gasteiger partial charge in [0.2, 0.25) is 0 Å². The molecule has 6 heteroatoms. The predicted molar refractivity (Wildman–Crippen MR) is 84.8 cm³/mol. The lowest BCUT2D eigenvalue weighted by Gasteiger charge is -2.13. The van der Waals surface area contributed by atoms with Crippen molar-refractivity contribution in [2.45, 2.75) is 13.0 Å². The van der Waals surface area contributed by atoms with Gasteiger partial charge in [0, 0.05) is 23.6 Å². The zero-order chi connectivity index (χ0) is 14.8. The van der Waals surface area contributed by atoms with Crippen LogP contribution >= 0.6 is 12.2 Å². The van der Waals surface area contributed by atoms with Gasteiger partial charge in [0.25, 0.3) is 5.56 Å². The summed E-state index contributed by atoms with van der Waals surface area (Å²) < 4.78 is 7.85. The van der Waals surface area contributed by atoms with Crippen LogP contribution in [0.15, 0.2) is 45.8 Å². The predicted octanol–water partition coefficient (Wildman–Crippen LogP) is 2.67. The Morgan fingerprint density at radius 1 is 1.33 bits per heavy atom. The smallest absolute Gasteiger partial charge is 0.252 e. The van der Waals surface area contributed by atoms with E-state index in [0.29, 0.717) is 17.9 Å². The van der Waals surface area contributed by atoms with E-state index >= 15 is 0 Å². The molecule has 3 rings (SSSR count). The molecule has 0 fully saturated rings. The Morgan fingerprint density at radius 3 is 3.00 bits per heavy atom. The zero-order valence-corrected chi connectivity index (χ0v) is 12.2. The van der Waals surface area contributed by atoms with Gasteiger partial charge in [-0.15, -0.1) is 0 Å². The highest BCUT2D eigenvalue weighted by Crippen LogP contribution is 2.28. The van der Waals surface area contributed by atoms with Crippen LogP contribution in [0.25, 0.3) is 22.2 Å². The molecule has 0 saturated carbocycles. The molecular formula is C15H15N3O2S. The van der Waals surface area contributed by atoms with Gasteiger partial charge in [-0.1, -0.05) is 12.1 Å². The van der Waals surface area contributed by atoms with E-state index in [9.17, 15) is 4.79 Å². The molecule has 2 aromatic heterocycles. The van der Waals surface area contributed by atoms with Gasteiger partial charge in [-0.2, -0.15) is 0 Å². The van der Waals surface area contributed by atoms with Crippen molar-refractivity contribution in [2.24, 2.45) is 5.73 Å². The zero-order valence-electron chi connectivity index (χ0n) is 11.3. The molecular weight excluding hydrogens is 286 g/mol. The summed E-state index contributed by atoms with van der Waals surface area (Å²) in [6, 6.07) is 9.27. The third-order valence-electron chi connectivity index (χ3n) is 3.37. The van der Waals surface area contributed by atoms with Crippen molar-refractivity contribution in [3.05, 3.63) is 51.7 Å². The molecule has 0 aliphatic carbocycles. The lowest BCUT2D eigenvalue weighted by Crippen LogP contribution is -2.16. The summed E-state index contributed by atoms with van der Waals surface area (Å²) in [5.41, 5.74) is 7.71. The minimum Gasteiger partial charge on any atom is -0.464 e. The van der Waals surface area contributed by atoms with Gasteiger partial charge in [-0.25, -0.2) is 0 Å². The molecule has 0 aliphatic rings. The maximum absolute atomic E-state index is 11.8. The van der Waals surface area contributed by atoms with E-state index in [4.69, 9.17) is 22.4 Å². The number of nitrogens with zero attached hydrogens (tertiary/aromatic N) is 1. The second-order valence-corrected chi connectivity index (χ2v) is 5.15. The van der Waals surface area contributed by atoms with Crippen LogP contribution in [0.4, 0.5) is 0 Å². The molecule has 0 spiro atoms. The van der Waals surface area contributed by atoms with Gasteiger partial charge in [0.15, 0.2) is 4.77 Å². The summed E-state index contributed by atoms with van der Waals surface area (Å²) in [6.45, 7) is 1.21. The first-order valence-corrected chi connectivity index (χ1v) is 7.12. The van der Waals surface area contributed by atoms with E-state index in [1.165, 1.54) is 0 Å². The minimum atomic E-state index is -0.220. The highest BCUT2D eigenvalue weighted by atomic mass is 32.1. The number of hydrogen-bond donors (Lipinski definition) is 2. The molecule has 2 heterocycles. The molecule has 5 nitrogen and oxygen atoms in total. The number of furan rings is 1. The van der Waals surface area contributed by atoms with E-state index in [0.717, 1.165) is 28.6 Å². The van der Waals surface area contributed by atoms with E-state index in [2.05, 4.69) is 4.98 Å². The van der Waals surface area contributed by atoms with E-state index < -0.39 is 0 Å². The van der Waals surface area contributed by atoms with Crippen LogP contribution in [-0.4, -0.2) is 16.1 Å². The summed E-state index contributed by atoms with van der Waals surface area (Å²) >= 11 is 5.28. The van der Waals surface area contributed by atoms with Crippen LogP contribution in [0.2, 0.25) is 0 Å². The maximum Gasteiger partial charge on any atom is 0.252 e. The number of nitrogens with two attached hydrogens (primary N) is 1. The second-order valence-electron chi connectivity index (χ2n) is 4.76. The third-order valence-corrected chi connectivity index (χ3v) is 3.70. The number of aromatic nitrogens is 2. The molecule has 3 aromatic rings. The maximum atomic E-state index is 11.8. The number of para-hydroxylation sites is 1. The molecule has 0 unspecified atom stereocenters. The molecule has 0 atom stereocenters. The first-order chi connectivity index (χ1) is 10.2. The number of H-pyrrole nitrogens is 1. The van der Waals surface area contributed by atoms with Crippen molar-refractivity contribution in [1.29, 1.82) is 0 Å². The Morgan fingerprint density at radius 2 is 2.19 bits per heavy atom. The Hall–Kier alpha value is -2.18. The quantitative estimate of drug-likeness (QED) is 0.726. The Balaban J connectivity index is 2.28. The van der Waals surface area contributed by atoms with Crippen molar-refractivity contribution in [3.63, 3.8) is 0 Å². The lowest BCUT2D eigenvalue weighted by molar-refractivity contribution is 0.611. The standard InChI is InChI=1S/C15H15N3O2S/c16-6-2-7-18-12(9-13(19)17-15(18)21)11-4-1-3-10-5-8-20-14(10)11/h1,3-5,8-9H,2,6-7,16H2,(H,17,19,21). The second kappa shape index (κ2) is 5.67. The molecule has 0 saturated heterocycles. The number of aromatic amines is 1. The molecule has 0 bridgehead atoms. The Kier molecular flexibility index (Phi) is 3.72. The molecule has 3 N–H and O–H groups in total. The van der Waals surface area contributed by atoms with Gasteiger partial charge in [-0.3, -0.25) is 9.78 Å². The van der Waals surface area contributed by atoms with Crippen LogP contribution in [-0.2, 0) is 6.54 Å². The van der Waals surface area contributed by atoms with Crippen molar-refractivity contribution in [3.8, 4) is 11.3 Å². The highest BCUT2D eigenvalue weighted by molar-refractivity contribution is 7.71. The van der Waals surface area contributed by atoms with Crippen LogP contribution in [0, 0.1) is 4.77 Å². The molecule has 1 aromatic carbocycles. The fourth-order valence-corrected chi connectivity index (χ4v) is 2.70. The first kappa shape index (κ1) is 13.8. The molecule has 0 radical (unpaired) electrons. The van der Waals surface area contributed by atoms with Crippen molar-refractivity contribution in [2.75, 3.05) is 6.54 Å². The SMILES string of the molecule is NCCCn1c(-c2cccc3ccoc23)cc(=O)[nH]c1=S. The molecule has 108 valence electrons. The number of benzene rings is 1. The minimum absolute atomic E-state index is 0.220. The molecule has 21 heavy (non-hydrogen) atoms. The number of hydrogen-bond acceptors (Lipinski definition) is 4. The lowest BCUT2D eigenvalue weighted by atomic mass is 10.1. The van der Waals surface area contributed by atoms with E-state index in [1.54, 1.807) is 12.3 Å². The topological polar surface area (TPSA) is 77.0 Å². The third kappa shape index (κ3) is 2.55. The average molecular weight is 301 g/mol. The van der Waals surface area contributed by atoms with E-state index in [1.807, 2.05) is 28.8 Å². The van der Waals surface area contributed by atoms with Crippen LogP contribution in [0.3, 0.4) is 0 Å². The van der Waals surface area contributed by atoms with Gasteiger partial charge in [-0.05, 0) is 37.3 Å². The Bertz CT molecular complexity index is 892. The normalized spacial score (nSPS) is 11.1. The van der Waals surface area contributed by atoms with Crippen molar-refractivity contribution < 1.29 is 4.42 Å². The van der Waals surface area contributed by atoms with Crippen LogP contribution in [0.1, 0.15) is 6.42 Å². The largest absolute Gasteiger partial charge is 0.464 e. The summed E-state index contributed by atoms with van der Waals surface area (Å²) in [4.78, 5) is 14.4. The molecule has 0 amide bonds. The summed E-state index contributed by atoms with van der Waals surface area (Å²) in [5, 5.41) is 0.990. The van der Waals surface area contributed by atoms with Gasteiger partial charge < -0.3 is 14.7 Å². The summed E-state index contributed by atoms with van der Waals surface area (Å²) in [5.74, 6) is 0. The number of fused-ring (bicyclic) bond motifs is 1. The average Bonchev–Trinajstić information content (AvgIpc) is 2.94. The summed E-state index contributed by atoms with van der Waals surface area (Å²) in [7, 11) is 0. The van der Waals surface area contributed by atoms with Gasteiger partial charge >= 0.3 is 0 Å². The Labute approximate surface area is 126 Å². The van der Waals surface area contributed by atoms with Gasteiger partial charge in [0.1, 0.15) is 5.58 Å². The summed E-state index contributed by atoms with van der Waals surface area (Å²) in [6.07, 6.45) is 2.42. The van der Waals surface area contributed by atoms with E-state index in [-0.39, 0.29) is 5.56 Å². The number of rotatable bonds is 4. The van der Waals surface area contributed by atoms with Crippen LogP contribution < -0.4 is 11.3 Å². The van der Waals surface area contributed by atoms with Crippen molar-refractivity contribution in [1.82, 2.24) is 9.55 Å². The fraction of sp³-hybridized carbons (Fsp3) is 0.200. The highest BCUT2D eigenvalue weighted by Gasteiger charge is 2.11. The van der Waals surface area contributed by atoms with Crippen molar-refractivity contribution >= 4 is 23.2 Å². The molecule has 0 aliphatic heterocycles. The monoisotopic (exact) mass is 301 g/mol. The fourth-order valence-electron chi connectivity index (χ4n) is 2.41. The van der Waals surface area contributed by atoms with Crippen LogP contribution in [0.5, 0.6) is 0 Å². The van der Waals surface area contributed by atoms with Gasteiger partial charge in [0.05, 0.1) is 12.0 Å². The first-order valence-electron chi connectivity index (χ1n) is 6.71.